The highest BCUT2D eigenvalue weighted by Gasteiger charge is 2.37. The van der Waals surface area contributed by atoms with Gasteiger partial charge in [0.05, 0.1) is 40.4 Å². The van der Waals surface area contributed by atoms with Crippen molar-refractivity contribution in [1.29, 1.82) is 0 Å². The van der Waals surface area contributed by atoms with E-state index in [0.29, 0.717) is 22.6 Å². The van der Waals surface area contributed by atoms with Gasteiger partial charge in [-0.2, -0.15) is 10.2 Å². The molecule has 0 amide bonds. The second-order valence-electron chi connectivity index (χ2n) is 7.33. The summed E-state index contributed by atoms with van der Waals surface area (Å²) in [6.07, 6.45) is 3.12. The number of nitrogens with zero attached hydrogens (tertiary/aromatic N) is 5. The van der Waals surface area contributed by atoms with Crippen LogP contribution in [0.15, 0.2) is 47.8 Å². The number of aromatic nitrogens is 7. The summed E-state index contributed by atoms with van der Waals surface area (Å²) >= 11 is 0. The van der Waals surface area contributed by atoms with E-state index in [1.165, 1.54) is 18.5 Å². The Morgan fingerprint density at radius 1 is 1.17 bits per heavy atom. The summed E-state index contributed by atoms with van der Waals surface area (Å²) in [5.74, 6) is -0.184. The molecule has 5 aromatic rings. The Morgan fingerprint density at radius 3 is 2.90 bits per heavy atom. The van der Waals surface area contributed by atoms with Crippen molar-refractivity contribution < 1.29 is 4.39 Å². The van der Waals surface area contributed by atoms with E-state index in [1.807, 2.05) is 18.2 Å². The first kappa shape index (κ1) is 16.8. The fourth-order valence-electron chi connectivity index (χ4n) is 4.32. The summed E-state index contributed by atoms with van der Waals surface area (Å²) in [5, 5.41) is 15.4. The molecular formula is C20H15FN8O. The molecule has 30 heavy (non-hydrogen) atoms. The maximum Gasteiger partial charge on any atom is 0.272 e. The normalized spacial score (nSPS) is 18.1. The summed E-state index contributed by atoms with van der Waals surface area (Å²) in [7, 11) is 1.81. The molecule has 0 saturated carbocycles. The predicted octanol–water partition coefficient (Wildman–Crippen LogP) is 2.37. The van der Waals surface area contributed by atoms with E-state index in [4.69, 9.17) is 0 Å². The molecule has 3 aromatic heterocycles. The lowest BCUT2D eigenvalue weighted by Crippen LogP contribution is -2.30. The van der Waals surface area contributed by atoms with E-state index in [0.717, 1.165) is 16.6 Å². The van der Waals surface area contributed by atoms with Crippen LogP contribution < -0.4 is 10.9 Å². The van der Waals surface area contributed by atoms with Crippen molar-refractivity contribution in [2.24, 2.45) is 7.05 Å². The molecule has 0 spiro atoms. The van der Waals surface area contributed by atoms with Crippen molar-refractivity contribution in [2.75, 3.05) is 5.32 Å². The summed E-state index contributed by atoms with van der Waals surface area (Å²) in [6, 6.07) is 8.19. The molecule has 1 aliphatic rings. The zero-order valence-electron chi connectivity index (χ0n) is 15.7. The van der Waals surface area contributed by atoms with Crippen molar-refractivity contribution in [1.82, 2.24) is 34.9 Å². The Bertz CT molecular complexity index is 1500. The minimum atomic E-state index is -0.493. The fraction of sp³-hybridized carbons (Fsp3) is 0.150. The molecule has 3 N–H and O–H groups in total. The molecule has 1 aliphatic heterocycles. The minimum Gasteiger partial charge on any atom is -0.376 e. The van der Waals surface area contributed by atoms with Gasteiger partial charge in [-0.25, -0.2) is 19.5 Å². The third-order valence-electron chi connectivity index (χ3n) is 5.65. The number of nitrogens with one attached hydrogen (secondary N) is 3. The molecule has 0 bridgehead atoms. The highest BCUT2D eigenvalue weighted by atomic mass is 19.1. The summed E-state index contributed by atoms with van der Waals surface area (Å²) < 4.78 is 16.0. The van der Waals surface area contributed by atoms with E-state index in [1.54, 1.807) is 18.1 Å². The van der Waals surface area contributed by atoms with Crippen LogP contribution in [0.3, 0.4) is 0 Å². The number of fused-ring (bicyclic) bond motifs is 1. The van der Waals surface area contributed by atoms with Crippen molar-refractivity contribution in [3.05, 3.63) is 76.2 Å². The van der Waals surface area contributed by atoms with Crippen LogP contribution in [0, 0.1) is 5.82 Å². The SMILES string of the molecule is Cn1ncnc1C1c2n[nH]c(=O)c3cc(F)cc(c23)NC1c1ccc2nc[nH]c2c1. The molecule has 0 fully saturated rings. The third-order valence-corrected chi connectivity index (χ3v) is 5.65. The number of H-pyrrole nitrogens is 2. The summed E-state index contributed by atoms with van der Waals surface area (Å²) in [6.45, 7) is 0. The number of hydrogen-bond acceptors (Lipinski definition) is 6. The maximum atomic E-state index is 14.3. The molecule has 2 atom stereocenters. The Morgan fingerprint density at radius 2 is 2.07 bits per heavy atom. The van der Waals surface area contributed by atoms with Crippen LogP contribution in [0.4, 0.5) is 10.1 Å². The van der Waals surface area contributed by atoms with Gasteiger partial charge in [0.1, 0.15) is 18.0 Å². The average Bonchev–Trinajstić information content (AvgIpc) is 3.38. The fourth-order valence-corrected chi connectivity index (χ4v) is 4.32. The zero-order chi connectivity index (χ0) is 20.4. The molecule has 0 aliphatic carbocycles. The number of rotatable bonds is 2. The zero-order valence-corrected chi connectivity index (χ0v) is 15.7. The number of hydrogen-bond donors (Lipinski definition) is 3. The lowest BCUT2D eigenvalue weighted by atomic mass is 9.83. The number of halogens is 1. The van der Waals surface area contributed by atoms with Gasteiger partial charge in [-0.15, -0.1) is 0 Å². The summed E-state index contributed by atoms with van der Waals surface area (Å²) in [4.78, 5) is 24.2. The molecule has 148 valence electrons. The smallest absolute Gasteiger partial charge is 0.272 e. The topological polar surface area (TPSA) is 117 Å². The molecular weight excluding hydrogens is 387 g/mol. The Labute approximate surface area is 168 Å². The summed E-state index contributed by atoms with van der Waals surface area (Å²) in [5.41, 5.74) is 3.37. The first-order chi connectivity index (χ1) is 14.6. The van der Waals surface area contributed by atoms with Crippen molar-refractivity contribution in [3.63, 3.8) is 0 Å². The highest BCUT2D eigenvalue weighted by Crippen LogP contribution is 2.46. The van der Waals surface area contributed by atoms with E-state index >= 15 is 0 Å². The van der Waals surface area contributed by atoms with Crippen LogP contribution in [-0.4, -0.2) is 34.9 Å². The number of benzene rings is 2. The number of aryl methyl sites for hydroxylation is 1. The predicted molar refractivity (Wildman–Crippen MR) is 108 cm³/mol. The van der Waals surface area contributed by atoms with E-state index in [-0.39, 0.29) is 17.3 Å². The first-order valence-corrected chi connectivity index (χ1v) is 9.35. The average molecular weight is 402 g/mol. The van der Waals surface area contributed by atoms with Crippen LogP contribution in [0.25, 0.3) is 21.8 Å². The van der Waals surface area contributed by atoms with Gasteiger partial charge in [-0.1, -0.05) is 6.07 Å². The maximum absolute atomic E-state index is 14.3. The second-order valence-corrected chi connectivity index (χ2v) is 7.33. The molecule has 9 nitrogen and oxygen atoms in total. The monoisotopic (exact) mass is 402 g/mol. The Kier molecular flexibility index (Phi) is 3.34. The van der Waals surface area contributed by atoms with Crippen molar-refractivity contribution in [2.45, 2.75) is 12.0 Å². The van der Waals surface area contributed by atoms with Gasteiger partial charge in [0, 0.05) is 18.1 Å². The van der Waals surface area contributed by atoms with E-state index in [2.05, 4.69) is 35.6 Å². The Balaban J connectivity index is 1.66. The van der Waals surface area contributed by atoms with Gasteiger partial charge in [-0.05, 0) is 29.8 Å². The van der Waals surface area contributed by atoms with Crippen LogP contribution in [0.5, 0.6) is 0 Å². The highest BCUT2D eigenvalue weighted by molar-refractivity contribution is 5.97. The van der Waals surface area contributed by atoms with Crippen LogP contribution in [0.2, 0.25) is 0 Å². The van der Waals surface area contributed by atoms with Gasteiger partial charge >= 0.3 is 0 Å². The number of anilines is 1. The van der Waals surface area contributed by atoms with Crippen LogP contribution in [-0.2, 0) is 7.05 Å². The second kappa shape index (κ2) is 5.96. The largest absolute Gasteiger partial charge is 0.376 e. The molecule has 2 unspecified atom stereocenters. The van der Waals surface area contributed by atoms with Crippen LogP contribution in [0.1, 0.15) is 29.0 Å². The van der Waals surface area contributed by atoms with Crippen LogP contribution >= 0.6 is 0 Å². The van der Waals surface area contributed by atoms with Crippen molar-refractivity contribution >= 4 is 27.5 Å². The molecule has 4 heterocycles. The van der Waals surface area contributed by atoms with Gasteiger partial charge in [0.2, 0.25) is 0 Å². The van der Waals surface area contributed by atoms with Gasteiger partial charge in [-0.3, -0.25) is 9.48 Å². The number of aromatic amines is 2. The lowest BCUT2D eigenvalue weighted by molar-refractivity contribution is 0.564. The van der Waals surface area contributed by atoms with Crippen molar-refractivity contribution in [3.8, 4) is 0 Å². The molecule has 0 radical (unpaired) electrons. The van der Waals surface area contributed by atoms with Gasteiger partial charge < -0.3 is 10.3 Å². The van der Waals surface area contributed by atoms with E-state index < -0.39 is 11.4 Å². The molecule has 2 aromatic carbocycles. The standard InChI is InChI=1S/C20H15FN8O/c1-29-19(24-8-25-29)16-17(9-2-3-12-13(4-9)23-7-22-12)26-14-6-10(21)5-11-15(14)18(16)27-28-20(11)30/h2-8,16-17,26H,1H3,(H,22,23)(H,28,30). The minimum absolute atomic E-state index is 0.247. The molecule has 6 rings (SSSR count). The van der Waals surface area contributed by atoms with Gasteiger partial charge in [0.15, 0.2) is 0 Å². The lowest BCUT2D eigenvalue weighted by Gasteiger charge is -2.33. The molecule has 10 heteroatoms. The van der Waals surface area contributed by atoms with E-state index in [9.17, 15) is 9.18 Å². The first-order valence-electron chi connectivity index (χ1n) is 9.35. The van der Waals surface area contributed by atoms with Gasteiger partial charge in [0.25, 0.3) is 5.56 Å². The number of imidazole rings is 1. The Hall–Kier alpha value is -4.08. The molecule has 0 saturated heterocycles. The quantitative estimate of drug-likeness (QED) is 0.417. The third kappa shape index (κ3) is 2.30.